The molecule has 0 aromatic heterocycles. The van der Waals surface area contributed by atoms with E-state index in [9.17, 15) is 4.79 Å². The van der Waals surface area contributed by atoms with Crippen molar-refractivity contribution in [2.24, 2.45) is 0 Å². The smallest absolute Gasteiger partial charge is 0.180 e. The third kappa shape index (κ3) is 3.40. The molecule has 110 valence electrons. The van der Waals surface area contributed by atoms with Gasteiger partial charge in [0.25, 0.3) is 0 Å². The summed E-state index contributed by atoms with van der Waals surface area (Å²) in [7, 11) is 1.63. The molecule has 0 radical (unpaired) electrons. The van der Waals surface area contributed by atoms with Crippen LogP contribution in [0.15, 0.2) is 18.2 Å². The molecule has 0 bridgehead atoms. The molecule has 20 heavy (non-hydrogen) atoms. The zero-order valence-electron chi connectivity index (χ0n) is 12.8. The van der Waals surface area contributed by atoms with Crippen LogP contribution in [-0.4, -0.2) is 36.9 Å². The number of Topliss-reactive ketones (excluding diaryl/α,β-unsaturated/α-hetero) is 1. The molecule has 0 saturated heterocycles. The van der Waals surface area contributed by atoms with Crippen LogP contribution in [0.1, 0.15) is 48.5 Å². The van der Waals surface area contributed by atoms with E-state index in [-0.39, 0.29) is 5.78 Å². The number of likely N-dealkylation sites (N-methyl/N-ethyl adjacent to an activating group) is 1. The van der Waals surface area contributed by atoms with Gasteiger partial charge in [-0.15, -0.1) is 0 Å². The molecule has 1 aliphatic carbocycles. The fraction of sp³-hybridized carbons (Fsp3) is 0.588. The maximum Gasteiger partial charge on any atom is 0.180 e. The van der Waals surface area contributed by atoms with Gasteiger partial charge in [-0.25, -0.2) is 0 Å². The normalized spacial score (nSPS) is 15.8. The molecule has 3 heteroatoms. The lowest BCUT2D eigenvalue weighted by Crippen LogP contribution is -2.37. The Labute approximate surface area is 121 Å². The van der Waals surface area contributed by atoms with Crippen molar-refractivity contribution in [1.82, 2.24) is 4.90 Å². The van der Waals surface area contributed by atoms with E-state index >= 15 is 0 Å². The second-order valence-corrected chi connectivity index (χ2v) is 5.63. The molecule has 1 aliphatic rings. The fourth-order valence-corrected chi connectivity index (χ4v) is 3.07. The number of hydrogen-bond acceptors (Lipinski definition) is 3. The zero-order chi connectivity index (χ0) is 14.5. The molecule has 0 heterocycles. The van der Waals surface area contributed by atoms with Gasteiger partial charge in [-0.2, -0.15) is 0 Å². The first-order valence-electron chi connectivity index (χ1n) is 7.57. The quantitative estimate of drug-likeness (QED) is 0.745. The summed E-state index contributed by atoms with van der Waals surface area (Å²) in [5.74, 6) is 0.855. The van der Waals surface area contributed by atoms with Gasteiger partial charge < -0.3 is 4.74 Å². The molecule has 0 atom stereocenters. The maximum absolute atomic E-state index is 12.5. The highest BCUT2D eigenvalue weighted by Gasteiger charge is 2.24. The van der Waals surface area contributed by atoms with Crippen molar-refractivity contribution >= 4 is 5.78 Å². The number of ketones is 1. The van der Waals surface area contributed by atoms with E-state index in [0.29, 0.717) is 23.9 Å². The van der Waals surface area contributed by atoms with Gasteiger partial charge in [0.05, 0.1) is 19.2 Å². The Hall–Kier alpha value is -1.35. The van der Waals surface area contributed by atoms with Crippen molar-refractivity contribution in [1.29, 1.82) is 0 Å². The fourth-order valence-electron chi connectivity index (χ4n) is 3.07. The van der Waals surface area contributed by atoms with Crippen LogP contribution in [0, 0.1) is 6.92 Å². The molecular weight excluding hydrogens is 250 g/mol. The highest BCUT2D eigenvalue weighted by molar-refractivity contribution is 6.00. The van der Waals surface area contributed by atoms with E-state index in [1.807, 2.05) is 25.1 Å². The predicted octanol–water partition coefficient (Wildman–Crippen LogP) is 3.45. The summed E-state index contributed by atoms with van der Waals surface area (Å²) in [6.45, 7) is 5.58. The van der Waals surface area contributed by atoms with Crippen LogP contribution in [0.3, 0.4) is 0 Å². The van der Waals surface area contributed by atoms with Gasteiger partial charge in [0.2, 0.25) is 0 Å². The molecule has 0 spiro atoms. The van der Waals surface area contributed by atoms with Crippen LogP contribution in [0.25, 0.3) is 0 Å². The average Bonchev–Trinajstić information content (AvgIpc) is 2.98. The van der Waals surface area contributed by atoms with E-state index in [1.165, 1.54) is 25.7 Å². The van der Waals surface area contributed by atoms with Gasteiger partial charge in [-0.1, -0.05) is 25.8 Å². The van der Waals surface area contributed by atoms with Crippen molar-refractivity contribution in [2.75, 3.05) is 20.2 Å². The van der Waals surface area contributed by atoms with Crippen molar-refractivity contribution in [2.45, 2.75) is 45.6 Å². The number of aryl methyl sites for hydroxylation is 1. The van der Waals surface area contributed by atoms with Crippen molar-refractivity contribution in [3.63, 3.8) is 0 Å². The number of benzene rings is 1. The van der Waals surface area contributed by atoms with Crippen LogP contribution in [-0.2, 0) is 0 Å². The second kappa shape index (κ2) is 6.89. The summed E-state index contributed by atoms with van der Waals surface area (Å²) in [4.78, 5) is 14.9. The average molecular weight is 275 g/mol. The number of methoxy groups -OCH3 is 1. The minimum absolute atomic E-state index is 0.163. The van der Waals surface area contributed by atoms with Gasteiger partial charge in [-0.3, -0.25) is 9.69 Å². The zero-order valence-corrected chi connectivity index (χ0v) is 12.8. The minimum Gasteiger partial charge on any atom is -0.496 e. The first-order valence-corrected chi connectivity index (χ1v) is 7.57. The molecule has 0 unspecified atom stereocenters. The maximum atomic E-state index is 12.5. The molecular formula is C17H25NO2. The van der Waals surface area contributed by atoms with Gasteiger partial charge in [-0.05, 0) is 44.0 Å². The lowest BCUT2D eigenvalue weighted by atomic mass is 10.1. The van der Waals surface area contributed by atoms with Gasteiger partial charge in [0.1, 0.15) is 5.75 Å². The van der Waals surface area contributed by atoms with Crippen LogP contribution in [0.5, 0.6) is 5.75 Å². The molecule has 2 rings (SSSR count). The molecule has 0 N–H and O–H groups in total. The summed E-state index contributed by atoms with van der Waals surface area (Å²) in [5, 5.41) is 0. The number of rotatable bonds is 6. The van der Waals surface area contributed by atoms with Crippen LogP contribution < -0.4 is 4.74 Å². The van der Waals surface area contributed by atoms with E-state index < -0.39 is 0 Å². The number of nitrogens with zero attached hydrogens (tertiary/aromatic N) is 1. The summed E-state index contributed by atoms with van der Waals surface area (Å²) in [6.07, 6.45) is 5.05. The number of carbonyl (C=O) groups is 1. The van der Waals surface area contributed by atoms with E-state index in [1.54, 1.807) is 7.11 Å². The van der Waals surface area contributed by atoms with Crippen LogP contribution in [0.2, 0.25) is 0 Å². The third-order valence-corrected chi connectivity index (χ3v) is 4.25. The Bertz CT molecular complexity index is 464. The molecule has 1 aromatic rings. The SMILES string of the molecule is CCN(CC(=O)c1ccc(C)cc1OC)C1CCCC1. The standard InChI is InChI=1S/C17H25NO2/c1-4-18(14-7-5-6-8-14)12-16(19)15-10-9-13(2)11-17(15)20-3/h9-11,14H,4-8,12H2,1-3H3. The molecule has 0 amide bonds. The highest BCUT2D eigenvalue weighted by Crippen LogP contribution is 2.25. The van der Waals surface area contributed by atoms with Crippen molar-refractivity contribution < 1.29 is 9.53 Å². The molecule has 1 aromatic carbocycles. The first-order chi connectivity index (χ1) is 9.65. The Morgan fingerprint density at radius 1 is 1.35 bits per heavy atom. The molecule has 3 nitrogen and oxygen atoms in total. The van der Waals surface area contributed by atoms with E-state index in [2.05, 4.69) is 11.8 Å². The highest BCUT2D eigenvalue weighted by atomic mass is 16.5. The largest absolute Gasteiger partial charge is 0.496 e. The number of hydrogen-bond donors (Lipinski definition) is 0. The Kier molecular flexibility index (Phi) is 5.18. The molecule has 0 aliphatic heterocycles. The Balaban J connectivity index is 2.10. The lowest BCUT2D eigenvalue weighted by molar-refractivity contribution is 0.0896. The van der Waals surface area contributed by atoms with Gasteiger partial charge >= 0.3 is 0 Å². The summed E-state index contributed by atoms with van der Waals surface area (Å²) in [6, 6.07) is 6.38. The summed E-state index contributed by atoms with van der Waals surface area (Å²) >= 11 is 0. The van der Waals surface area contributed by atoms with Gasteiger partial charge in [0.15, 0.2) is 5.78 Å². The van der Waals surface area contributed by atoms with Crippen LogP contribution in [0.4, 0.5) is 0 Å². The lowest BCUT2D eigenvalue weighted by Gasteiger charge is -2.26. The van der Waals surface area contributed by atoms with Gasteiger partial charge in [0, 0.05) is 6.04 Å². The monoisotopic (exact) mass is 275 g/mol. The number of ether oxygens (including phenoxy) is 1. The first kappa shape index (κ1) is 15.0. The summed E-state index contributed by atoms with van der Waals surface area (Å²) < 4.78 is 5.35. The van der Waals surface area contributed by atoms with E-state index in [0.717, 1.165) is 12.1 Å². The topological polar surface area (TPSA) is 29.5 Å². The Morgan fingerprint density at radius 2 is 2.05 bits per heavy atom. The predicted molar refractivity (Wildman–Crippen MR) is 81.6 cm³/mol. The molecule has 1 saturated carbocycles. The minimum atomic E-state index is 0.163. The molecule has 1 fully saturated rings. The number of carbonyl (C=O) groups excluding carboxylic acids is 1. The summed E-state index contributed by atoms with van der Waals surface area (Å²) in [5.41, 5.74) is 1.82. The van der Waals surface area contributed by atoms with Crippen LogP contribution >= 0.6 is 0 Å². The van der Waals surface area contributed by atoms with Crippen molar-refractivity contribution in [3.8, 4) is 5.75 Å². The third-order valence-electron chi connectivity index (χ3n) is 4.25. The second-order valence-electron chi connectivity index (χ2n) is 5.63. The van der Waals surface area contributed by atoms with Crippen molar-refractivity contribution in [3.05, 3.63) is 29.3 Å². The Morgan fingerprint density at radius 3 is 2.65 bits per heavy atom. The van der Waals surface area contributed by atoms with E-state index in [4.69, 9.17) is 4.74 Å².